The van der Waals surface area contributed by atoms with Crippen LogP contribution in [-0.2, 0) is 24.1 Å². The van der Waals surface area contributed by atoms with Gasteiger partial charge in [-0.3, -0.25) is 0 Å². The van der Waals surface area contributed by atoms with Gasteiger partial charge in [0.25, 0.3) is 0 Å². The van der Waals surface area contributed by atoms with Gasteiger partial charge >= 0.3 is 0 Å². The van der Waals surface area contributed by atoms with Crippen LogP contribution in [0.25, 0.3) is 10.2 Å². The van der Waals surface area contributed by atoms with Crippen LogP contribution in [-0.4, -0.2) is 43.3 Å². The fourth-order valence-electron chi connectivity index (χ4n) is 4.09. The number of anilines is 1. The summed E-state index contributed by atoms with van der Waals surface area (Å²) in [6.07, 6.45) is 6.30. The van der Waals surface area contributed by atoms with Crippen molar-refractivity contribution in [2.75, 3.05) is 38.7 Å². The molecule has 0 radical (unpaired) electrons. The van der Waals surface area contributed by atoms with E-state index in [0.717, 1.165) is 30.6 Å². The molecule has 25 heavy (non-hydrogen) atoms. The normalized spacial score (nSPS) is 23.1. The molecule has 2 aromatic heterocycles. The molecule has 0 unspecified atom stereocenters. The zero-order valence-electron chi connectivity index (χ0n) is 15.4. The van der Waals surface area contributed by atoms with Gasteiger partial charge in [0.15, 0.2) is 5.82 Å². The third-order valence-electron chi connectivity index (χ3n) is 5.60. The standard InChI is InChI=1S/C19H28N4OS/c1-13-6-9-23(10-7-13)12-16-21-18(20-8-11-24-2)17-14-4-3-5-15(14)25-19(17)22-16/h13H,3-12H2,1-2H3,(H,20,21,22)/p+1. The second-order valence-electron chi connectivity index (χ2n) is 7.55. The maximum Gasteiger partial charge on any atom is 0.187 e. The Bertz CT molecular complexity index is 737. The number of hydrogen-bond acceptors (Lipinski definition) is 5. The average Bonchev–Trinajstić information content (AvgIpc) is 3.18. The van der Waals surface area contributed by atoms with Crippen molar-refractivity contribution in [3.8, 4) is 0 Å². The summed E-state index contributed by atoms with van der Waals surface area (Å²) in [5.41, 5.74) is 1.49. The minimum atomic E-state index is 0.697. The van der Waals surface area contributed by atoms with Crippen molar-refractivity contribution in [1.29, 1.82) is 0 Å². The van der Waals surface area contributed by atoms with Crippen molar-refractivity contribution in [2.45, 2.75) is 45.6 Å². The highest BCUT2D eigenvalue weighted by Gasteiger charge is 2.24. The monoisotopic (exact) mass is 361 g/mol. The number of nitrogens with one attached hydrogen (secondary N) is 2. The minimum Gasteiger partial charge on any atom is -0.383 e. The Morgan fingerprint density at radius 2 is 2.08 bits per heavy atom. The van der Waals surface area contributed by atoms with E-state index in [0.29, 0.717) is 6.61 Å². The third-order valence-corrected chi connectivity index (χ3v) is 6.78. The summed E-state index contributed by atoms with van der Waals surface area (Å²) in [6.45, 7) is 7.30. The Balaban J connectivity index is 1.61. The lowest BCUT2D eigenvalue weighted by Gasteiger charge is -2.26. The molecule has 6 heteroatoms. The van der Waals surface area contributed by atoms with E-state index in [9.17, 15) is 0 Å². The summed E-state index contributed by atoms with van der Waals surface area (Å²) in [4.78, 5) is 14.2. The van der Waals surface area contributed by atoms with Gasteiger partial charge in [0, 0.05) is 18.5 Å². The summed E-state index contributed by atoms with van der Waals surface area (Å²) < 4.78 is 5.20. The van der Waals surface area contributed by atoms with E-state index in [4.69, 9.17) is 14.7 Å². The van der Waals surface area contributed by atoms with Crippen LogP contribution in [0.15, 0.2) is 0 Å². The number of fused-ring (bicyclic) bond motifs is 3. The Morgan fingerprint density at radius 3 is 2.88 bits per heavy atom. The zero-order chi connectivity index (χ0) is 17.2. The topological polar surface area (TPSA) is 51.5 Å². The van der Waals surface area contributed by atoms with E-state index >= 15 is 0 Å². The van der Waals surface area contributed by atoms with Gasteiger partial charge in [-0.15, -0.1) is 11.3 Å². The Labute approximate surface area is 153 Å². The molecule has 3 heterocycles. The maximum absolute atomic E-state index is 5.20. The SMILES string of the molecule is COCCNc1nc(C[NH+]2CCC(C)CC2)nc2sc3c(c12)CCC3. The van der Waals surface area contributed by atoms with Crippen molar-refractivity contribution in [3.63, 3.8) is 0 Å². The minimum absolute atomic E-state index is 0.697. The number of aryl methyl sites for hydroxylation is 2. The van der Waals surface area contributed by atoms with E-state index in [2.05, 4.69) is 12.2 Å². The largest absolute Gasteiger partial charge is 0.383 e. The number of rotatable bonds is 6. The number of thiophene rings is 1. The van der Waals surface area contributed by atoms with Crippen LogP contribution in [0.4, 0.5) is 5.82 Å². The number of hydrogen-bond donors (Lipinski definition) is 2. The van der Waals surface area contributed by atoms with Gasteiger partial charge in [-0.2, -0.15) is 0 Å². The van der Waals surface area contributed by atoms with Gasteiger partial charge in [0.05, 0.1) is 25.1 Å². The molecule has 0 spiro atoms. The molecule has 1 fully saturated rings. The highest BCUT2D eigenvalue weighted by molar-refractivity contribution is 7.19. The molecule has 5 nitrogen and oxygen atoms in total. The van der Waals surface area contributed by atoms with E-state index in [1.165, 1.54) is 65.9 Å². The Hall–Kier alpha value is -1.24. The van der Waals surface area contributed by atoms with Crippen LogP contribution in [0.1, 0.15) is 42.5 Å². The first-order chi connectivity index (χ1) is 12.2. The number of aromatic nitrogens is 2. The number of methoxy groups -OCH3 is 1. The smallest absolute Gasteiger partial charge is 0.187 e. The second kappa shape index (κ2) is 7.56. The van der Waals surface area contributed by atoms with E-state index in [1.807, 2.05) is 11.3 Å². The fourth-order valence-corrected chi connectivity index (χ4v) is 5.37. The number of nitrogens with zero attached hydrogens (tertiary/aromatic N) is 2. The molecule has 136 valence electrons. The molecule has 0 atom stereocenters. The molecule has 0 bridgehead atoms. The Kier molecular flexibility index (Phi) is 5.20. The van der Waals surface area contributed by atoms with Crippen LogP contribution >= 0.6 is 11.3 Å². The van der Waals surface area contributed by atoms with Crippen LogP contribution in [0, 0.1) is 5.92 Å². The molecular weight excluding hydrogens is 332 g/mol. The van der Waals surface area contributed by atoms with E-state index < -0.39 is 0 Å². The summed E-state index contributed by atoms with van der Waals surface area (Å²) in [5, 5.41) is 4.79. The number of piperidine rings is 1. The van der Waals surface area contributed by atoms with Gasteiger partial charge < -0.3 is 15.0 Å². The van der Waals surface area contributed by atoms with E-state index in [1.54, 1.807) is 12.0 Å². The fraction of sp³-hybridized carbons (Fsp3) is 0.684. The molecule has 1 saturated heterocycles. The van der Waals surface area contributed by atoms with Gasteiger partial charge in [-0.25, -0.2) is 9.97 Å². The van der Waals surface area contributed by atoms with Gasteiger partial charge in [-0.1, -0.05) is 6.92 Å². The van der Waals surface area contributed by atoms with Crippen LogP contribution < -0.4 is 10.2 Å². The highest BCUT2D eigenvalue weighted by atomic mass is 32.1. The van der Waals surface area contributed by atoms with Gasteiger partial charge in [0.2, 0.25) is 0 Å². The quantitative estimate of drug-likeness (QED) is 0.774. The van der Waals surface area contributed by atoms with Crippen molar-refractivity contribution < 1.29 is 9.64 Å². The lowest BCUT2D eigenvalue weighted by molar-refractivity contribution is -0.920. The predicted octanol–water partition coefficient (Wildman–Crippen LogP) is 2.05. The van der Waals surface area contributed by atoms with Crippen LogP contribution in [0.2, 0.25) is 0 Å². The lowest BCUT2D eigenvalue weighted by atomic mass is 9.99. The average molecular weight is 362 g/mol. The van der Waals surface area contributed by atoms with Crippen molar-refractivity contribution in [2.24, 2.45) is 5.92 Å². The van der Waals surface area contributed by atoms with E-state index in [-0.39, 0.29) is 0 Å². The molecule has 0 aromatic carbocycles. The molecule has 2 N–H and O–H groups in total. The summed E-state index contributed by atoms with van der Waals surface area (Å²) in [7, 11) is 1.74. The van der Waals surface area contributed by atoms with Crippen LogP contribution in [0.3, 0.4) is 0 Å². The number of quaternary nitrogens is 1. The molecule has 1 aliphatic heterocycles. The predicted molar refractivity (Wildman–Crippen MR) is 103 cm³/mol. The first-order valence-corrected chi connectivity index (χ1v) is 10.4. The lowest BCUT2D eigenvalue weighted by Crippen LogP contribution is -3.11. The second-order valence-corrected chi connectivity index (χ2v) is 8.64. The molecule has 2 aromatic rings. The number of ether oxygens (including phenoxy) is 1. The van der Waals surface area contributed by atoms with Crippen molar-refractivity contribution in [3.05, 3.63) is 16.3 Å². The third kappa shape index (κ3) is 3.66. The molecule has 0 amide bonds. The first kappa shape index (κ1) is 17.2. The van der Waals surface area contributed by atoms with Gasteiger partial charge in [-0.05, 0) is 43.6 Å². The maximum atomic E-state index is 5.20. The first-order valence-electron chi connectivity index (χ1n) is 9.62. The van der Waals surface area contributed by atoms with Gasteiger partial charge in [0.1, 0.15) is 17.2 Å². The Morgan fingerprint density at radius 1 is 1.24 bits per heavy atom. The van der Waals surface area contributed by atoms with Crippen molar-refractivity contribution in [1.82, 2.24) is 9.97 Å². The zero-order valence-corrected chi connectivity index (χ0v) is 16.2. The summed E-state index contributed by atoms with van der Waals surface area (Å²) >= 11 is 1.88. The molecule has 2 aliphatic rings. The van der Waals surface area contributed by atoms with Crippen molar-refractivity contribution >= 4 is 27.4 Å². The van der Waals surface area contributed by atoms with Crippen LogP contribution in [0.5, 0.6) is 0 Å². The number of likely N-dealkylation sites (tertiary alicyclic amines) is 1. The molecule has 0 saturated carbocycles. The highest BCUT2D eigenvalue weighted by Crippen LogP contribution is 2.39. The summed E-state index contributed by atoms with van der Waals surface area (Å²) in [5.74, 6) is 2.90. The molecular formula is C19H29N4OS+. The molecule has 4 rings (SSSR count). The molecule has 1 aliphatic carbocycles. The summed E-state index contributed by atoms with van der Waals surface area (Å²) in [6, 6.07) is 0.